The lowest BCUT2D eigenvalue weighted by atomic mass is 10.2. The van der Waals surface area contributed by atoms with Crippen LogP contribution in [0.1, 0.15) is 6.92 Å². The second-order valence-corrected chi connectivity index (χ2v) is 3.45. The standard InChI is InChI=1S/C9H15N3O4/c1-6(3-10)5-12(2)9(16)11-4-7(13)8(14)15/h6-7,13H,4-5H2,1-2H3,(H,11,16)(H,14,15). The van der Waals surface area contributed by atoms with Crippen LogP contribution in [-0.2, 0) is 4.79 Å². The summed E-state index contributed by atoms with van der Waals surface area (Å²) < 4.78 is 0. The number of nitriles is 1. The van der Waals surface area contributed by atoms with Gasteiger partial charge in [-0.2, -0.15) is 5.26 Å². The summed E-state index contributed by atoms with van der Waals surface area (Å²) in [5.41, 5.74) is 0. The number of hydrogen-bond donors (Lipinski definition) is 3. The number of carboxylic acids is 1. The Balaban J connectivity index is 3.98. The van der Waals surface area contributed by atoms with Crippen molar-refractivity contribution in [2.75, 3.05) is 20.1 Å². The van der Waals surface area contributed by atoms with Gasteiger partial charge in [0.25, 0.3) is 0 Å². The number of amides is 2. The van der Waals surface area contributed by atoms with Gasteiger partial charge in [0.15, 0.2) is 6.10 Å². The Hall–Kier alpha value is -1.81. The zero-order chi connectivity index (χ0) is 12.7. The quantitative estimate of drug-likeness (QED) is 0.573. The number of aliphatic hydroxyl groups is 1. The molecular formula is C9H15N3O4. The molecule has 0 aromatic carbocycles. The highest BCUT2D eigenvalue weighted by atomic mass is 16.4. The van der Waals surface area contributed by atoms with Gasteiger partial charge in [-0.3, -0.25) is 0 Å². The number of nitrogens with one attached hydrogen (secondary N) is 1. The van der Waals surface area contributed by atoms with Crippen molar-refractivity contribution < 1.29 is 19.8 Å². The zero-order valence-electron chi connectivity index (χ0n) is 9.17. The third-order valence-electron chi connectivity index (χ3n) is 1.85. The molecule has 2 atom stereocenters. The fraction of sp³-hybridized carbons (Fsp3) is 0.667. The van der Waals surface area contributed by atoms with Gasteiger partial charge in [-0.15, -0.1) is 0 Å². The molecule has 0 rings (SSSR count). The maximum absolute atomic E-state index is 11.3. The lowest BCUT2D eigenvalue weighted by Gasteiger charge is -2.19. The van der Waals surface area contributed by atoms with E-state index < -0.39 is 18.1 Å². The fourth-order valence-electron chi connectivity index (χ4n) is 0.941. The average molecular weight is 229 g/mol. The summed E-state index contributed by atoms with van der Waals surface area (Å²) in [6.45, 7) is 1.54. The third-order valence-corrected chi connectivity index (χ3v) is 1.85. The number of aliphatic hydroxyl groups excluding tert-OH is 1. The van der Waals surface area contributed by atoms with Gasteiger partial charge < -0.3 is 20.4 Å². The van der Waals surface area contributed by atoms with Gasteiger partial charge in [-0.1, -0.05) is 0 Å². The van der Waals surface area contributed by atoms with Crippen LogP contribution >= 0.6 is 0 Å². The number of hydrogen-bond acceptors (Lipinski definition) is 4. The van der Waals surface area contributed by atoms with E-state index in [1.807, 2.05) is 6.07 Å². The Labute approximate surface area is 93.3 Å². The van der Waals surface area contributed by atoms with Crippen molar-refractivity contribution in [1.29, 1.82) is 5.26 Å². The maximum Gasteiger partial charge on any atom is 0.334 e. The Kier molecular flexibility index (Phi) is 5.88. The first-order chi connectivity index (χ1) is 7.38. The molecule has 0 aliphatic carbocycles. The summed E-state index contributed by atoms with van der Waals surface area (Å²) in [5, 5.41) is 28.0. The number of nitrogens with zero attached hydrogens (tertiary/aromatic N) is 2. The molecule has 90 valence electrons. The maximum atomic E-state index is 11.3. The molecule has 2 unspecified atom stereocenters. The van der Waals surface area contributed by atoms with Crippen molar-refractivity contribution in [3.8, 4) is 6.07 Å². The Morgan fingerprint density at radius 1 is 1.56 bits per heavy atom. The lowest BCUT2D eigenvalue weighted by Crippen LogP contribution is -2.44. The SMILES string of the molecule is CC(C#N)CN(C)C(=O)NCC(O)C(=O)O. The van der Waals surface area contributed by atoms with Crippen LogP contribution in [0.3, 0.4) is 0 Å². The van der Waals surface area contributed by atoms with Crippen LogP contribution in [0.15, 0.2) is 0 Å². The van der Waals surface area contributed by atoms with Gasteiger partial charge >= 0.3 is 12.0 Å². The Morgan fingerprint density at radius 2 is 2.12 bits per heavy atom. The second-order valence-electron chi connectivity index (χ2n) is 3.45. The number of carboxylic acid groups (broad SMARTS) is 1. The number of aliphatic carboxylic acids is 1. The molecule has 0 aromatic heterocycles. The minimum absolute atomic E-state index is 0.242. The van der Waals surface area contributed by atoms with E-state index in [2.05, 4.69) is 5.32 Å². The van der Waals surface area contributed by atoms with Crippen molar-refractivity contribution in [3.05, 3.63) is 0 Å². The normalized spacial score (nSPS) is 13.4. The molecule has 3 N–H and O–H groups in total. The first-order valence-electron chi connectivity index (χ1n) is 4.68. The van der Waals surface area contributed by atoms with Gasteiger partial charge in [0, 0.05) is 13.6 Å². The van der Waals surface area contributed by atoms with Crippen LogP contribution in [-0.4, -0.2) is 53.4 Å². The minimum atomic E-state index is -1.62. The molecule has 7 nitrogen and oxygen atoms in total. The molecule has 0 bridgehead atoms. The van der Waals surface area contributed by atoms with E-state index in [4.69, 9.17) is 15.5 Å². The Bertz CT molecular complexity index is 300. The van der Waals surface area contributed by atoms with Gasteiger partial charge in [0.05, 0.1) is 18.5 Å². The number of rotatable bonds is 5. The van der Waals surface area contributed by atoms with Crippen molar-refractivity contribution in [2.45, 2.75) is 13.0 Å². The first kappa shape index (κ1) is 14.2. The molecule has 0 saturated heterocycles. The Morgan fingerprint density at radius 3 is 2.56 bits per heavy atom. The number of carbonyl (C=O) groups excluding carboxylic acids is 1. The summed E-state index contributed by atoms with van der Waals surface area (Å²) in [4.78, 5) is 22.8. The van der Waals surface area contributed by atoms with E-state index in [0.29, 0.717) is 0 Å². The number of carbonyl (C=O) groups is 2. The molecule has 16 heavy (non-hydrogen) atoms. The van der Waals surface area contributed by atoms with Crippen molar-refractivity contribution in [3.63, 3.8) is 0 Å². The van der Waals surface area contributed by atoms with E-state index in [1.54, 1.807) is 6.92 Å². The van der Waals surface area contributed by atoms with Crippen LogP contribution in [0.4, 0.5) is 4.79 Å². The molecule has 0 fully saturated rings. The van der Waals surface area contributed by atoms with Crippen LogP contribution in [0.25, 0.3) is 0 Å². The van der Waals surface area contributed by atoms with E-state index >= 15 is 0 Å². The molecule has 0 aromatic rings. The van der Waals surface area contributed by atoms with E-state index in [-0.39, 0.29) is 19.0 Å². The zero-order valence-corrected chi connectivity index (χ0v) is 9.17. The molecule has 0 aliphatic heterocycles. The predicted molar refractivity (Wildman–Crippen MR) is 54.4 cm³/mol. The smallest absolute Gasteiger partial charge is 0.334 e. The minimum Gasteiger partial charge on any atom is -0.479 e. The van der Waals surface area contributed by atoms with E-state index in [1.165, 1.54) is 11.9 Å². The summed E-state index contributed by atoms with van der Waals surface area (Å²) in [7, 11) is 1.48. The summed E-state index contributed by atoms with van der Waals surface area (Å²) in [6, 6.07) is 1.44. The topological polar surface area (TPSA) is 114 Å². The highest BCUT2D eigenvalue weighted by Gasteiger charge is 2.16. The van der Waals surface area contributed by atoms with Crippen LogP contribution in [0, 0.1) is 17.2 Å². The molecule has 0 radical (unpaired) electrons. The summed E-state index contributed by atoms with van der Waals surface area (Å²) >= 11 is 0. The van der Waals surface area contributed by atoms with Gasteiger partial charge in [-0.25, -0.2) is 9.59 Å². The highest BCUT2D eigenvalue weighted by molar-refractivity contribution is 5.76. The first-order valence-corrected chi connectivity index (χ1v) is 4.68. The number of urea groups is 1. The van der Waals surface area contributed by atoms with Gasteiger partial charge in [0.1, 0.15) is 0 Å². The molecule has 0 saturated carbocycles. The van der Waals surface area contributed by atoms with Crippen molar-refractivity contribution >= 4 is 12.0 Å². The van der Waals surface area contributed by atoms with Crippen LogP contribution in [0.2, 0.25) is 0 Å². The lowest BCUT2D eigenvalue weighted by molar-refractivity contribution is -0.146. The fourth-order valence-corrected chi connectivity index (χ4v) is 0.941. The molecule has 2 amide bonds. The predicted octanol–water partition coefficient (Wildman–Crippen LogP) is -0.767. The van der Waals surface area contributed by atoms with Crippen LogP contribution < -0.4 is 5.32 Å². The molecule has 0 spiro atoms. The second kappa shape index (κ2) is 6.63. The summed E-state index contributed by atoms with van der Waals surface area (Å²) in [5.74, 6) is -1.70. The van der Waals surface area contributed by atoms with E-state index in [0.717, 1.165) is 0 Å². The summed E-state index contributed by atoms with van der Waals surface area (Å²) in [6.07, 6.45) is -1.62. The molecule has 7 heteroatoms. The molecule has 0 aliphatic rings. The van der Waals surface area contributed by atoms with E-state index in [9.17, 15) is 9.59 Å². The van der Waals surface area contributed by atoms with Gasteiger partial charge in [-0.05, 0) is 6.92 Å². The van der Waals surface area contributed by atoms with Crippen LogP contribution in [0.5, 0.6) is 0 Å². The molecular weight excluding hydrogens is 214 g/mol. The van der Waals surface area contributed by atoms with Crippen molar-refractivity contribution in [2.24, 2.45) is 5.92 Å². The average Bonchev–Trinajstić information content (AvgIpc) is 2.24. The largest absolute Gasteiger partial charge is 0.479 e. The van der Waals surface area contributed by atoms with Gasteiger partial charge in [0.2, 0.25) is 0 Å². The van der Waals surface area contributed by atoms with Crippen molar-refractivity contribution in [1.82, 2.24) is 10.2 Å². The molecule has 0 heterocycles. The third kappa shape index (κ3) is 5.17. The monoisotopic (exact) mass is 229 g/mol. The highest BCUT2D eigenvalue weighted by Crippen LogP contribution is 1.96.